The van der Waals surface area contributed by atoms with Gasteiger partial charge in [-0.3, -0.25) is 9.78 Å². The first-order valence-electron chi connectivity index (χ1n) is 5.02. The number of pyridine rings is 1. The molecule has 0 unspecified atom stereocenters. The van der Waals surface area contributed by atoms with Gasteiger partial charge in [0.05, 0.1) is 5.56 Å². The van der Waals surface area contributed by atoms with Crippen LogP contribution in [0.5, 0.6) is 0 Å². The van der Waals surface area contributed by atoms with Crippen molar-refractivity contribution in [3.63, 3.8) is 0 Å². The molecular weight excluding hydrogens is 236 g/mol. The van der Waals surface area contributed by atoms with E-state index in [-0.39, 0.29) is 18.3 Å². The number of benzene rings is 1. The van der Waals surface area contributed by atoms with Crippen molar-refractivity contribution in [1.29, 1.82) is 0 Å². The number of hydrogen-bond donors (Lipinski definition) is 0. The number of aromatic nitrogens is 1. The van der Waals surface area contributed by atoms with E-state index in [0.29, 0.717) is 5.56 Å². The fourth-order valence-corrected chi connectivity index (χ4v) is 1.45. The summed E-state index contributed by atoms with van der Waals surface area (Å²) >= 11 is 0. The first kappa shape index (κ1) is 13.2. The van der Waals surface area contributed by atoms with Crippen molar-refractivity contribution in [1.82, 2.24) is 4.98 Å². The van der Waals surface area contributed by atoms with Crippen LogP contribution >= 0.6 is 12.4 Å². The van der Waals surface area contributed by atoms with E-state index in [0.717, 1.165) is 5.69 Å². The fraction of sp³-hybridized carbons (Fsp3) is 0.0769. The van der Waals surface area contributed by atoms with E-state index in [1.165, 1.54) is 0 Å². The highest BCUT2D eigenvalue weighted by Gasteiger charge is 2.12. The third-order valence-electron chi connectivity index (χ3n) is 2.36. The van der Waals surface area contributed by atoms with Crippen molar-refractivity contribution in [3.05, 3.63) is 60.4 Å². The monoisotopic (exact) mass is 248 g/mol. The van der Waals surface area contributed by atoms with E-state index in [4.69, 9.17) is 0 Å². The molecular formula is C13H13ClN2O. The highest BCUT2D eigenvalue weighted by Crippen LogP contribution is 2.13. The van der Waals surface area contributed by atoms with E-state index in [1.54, 1.807) is 36.5 Å². The van der Waals surface area contributed by atoms with Crippen LogP contribution in [0.4, 0.5) is 5.69 Å². The van der Waals surface area contributed by atoms with Gasteiger partial charge in [0.15, 0.2) is 0 Å². The maximum absolute atomic E-state index is 12.0. The molecule has 0 spiro atoms. The number of rotatable bonds is 2. The number of nitrogens with zero attached hydrogens (tertiary/aromatic N) is 2. The Hall–Kier alpha value is -1.87. The van der Waals surface area contributed by atoms with Crippen molar-refractivity contribution in [3.8, 4) is 0 Å². The Balaban J connectivity index is 0.00000144. The lowest BCUT2D eigenvalue weighted by molar-refractivity contribution is 0.0992. The minimum absolute atomic E-state index is 0. The van der Waals surface area contributed by atoms with Gasteiger partial charge in [-0.15, -0.1) is 12.4 Å². The van der Waals surface area contributed by atoms with Gasteiger partial charge < -0.3 is 4.90 Å². The van der Waals surface area contributed by atoms with Crippen molar-refractivity contribution < 1.29 is 4.79 Å². The number of amides is 1. The van der Waals surface area contributed by atoms with E-state index in [1.807, 2.05) is 30.3 Å². The minimum atomic E-state index is -0.0562. The topological polar surface area (TPSA) is 33.2 Å². The average molecular weight is 249 g/mol. The predicted molar refractivity (Wildman–Crippen MR) is 70.7 cm³/mol. The molecule has 1 amide bonds. The maximum atomic E-state index is 12.0. The zero-order chi connectivity index (χ0) is 11.4. The number of hydrogen-bond acceptors (Lipinski definition) is 2. The Labute approximate surface area is 107 Å². The highest BCUT2D eigenvalue weighted by molar-refractivity contribution is 6.05. The number of para-hydroxylation sites is 1. The summed E-state index contributed by atoms with van der Waals surface area (Å²) in [6.07, 6.45) is 3.22. The van der Waals surface area contributed by atoms with Gasteiger partial charge >= 0.3 is 0 Å². The molecule has 2 aromatic rings. The van der Waals surface area contributed by atoms with Crippen molar-refractivity contribution in [2.45, 2.75) is 0 Å². The molecule has 4 heteroatoms. The zero-order valence-electron chi connectivity index (χ0n) is 9.41. The number of carbonyl (C=O) groups is 1. The first-order chi connectivity index (χ1) is 7.79. The molecule has 0 saturated carbocycles. The van der Waals surface area contributed by atoms with Gasteiger partial charge in [-0.05, 0) is 24.3 Å². The van der Waals surface area contributed by atoms with Gasteiger partial charge in [-0.1, -0.05) is 18.2 Å². The second-order valence-corrected chi connectivity index (χ2v) is 3.44. The zero-order valence-corrected chi connectivity index (χ0v) is 10.2. The Morgan fingerprint density at radius 3 is 2.41 bits per heavy atom. The van der Waals surface area contributed by atoms with Crippen molar-refractivity contribution >= 4 is 24.0 Å². The lowest BCUT2D eigenvalue weighted by Gasteiger charge is -2.16. The molecule has 1 aromatic carbocycles. The molecule has 88 valence electrons. The normalized spacial score (nSPS) is 9.24. The van der Waals surface area contributed by atoms with Crippen LogP contribution in [-0.4, -0.2) is 17.9 Å². The summed E-state index contributed by atoms with van der Waals surface area (Å²) in [4.78, 5) is 17.6. The van der Waals surface area contributed by atoms with Crippen LogP contribution in [0.3, 0.4) is 0 Å². The molecule has 3 nitrogen and oxygen atoms in total. The van der Waals surface area contributed by atoms with Gasteiger partial charge in [0.1, 0.15) is 0 Å². The standard InChI is InChI=1S/C13H12N2O.ClH/c1-15(12-7-3-2-4-8-12)13(16)11-6-5-9-14-10-11;/h2-10H,1H3;1H. The van der Waals surface area contributed by atoms with E-state index >= 15 is 0 Å². The average Bonchev–Trinajstić information content (AvgIpc) is 2.39. The second-order valence-electron chi connectivity index (χ2n) is 3.44. The van der Waals surface area contributed by atoms with Crippen LogP contribution in [0.2, 0.25) is 0 Å². The lowest BCUT2D eigenvalue weighted by Crippen LogP contribution is -2.26. The van der Waals surface area contributed by atoms with Crippen LogP contribution in [0, 0.1) is 0 Å². The molecule has 1 heterocycles. The maximum Gasteiger partial charge on any atom is 0.259 e. The van der Waals surface area contributed by atoms with E-state index < -0.39 is 0 Å². The molecule has 0 N–H and O–H groups in total. The van der Waals surface area contributed by atoms with Crippen LogP contribution in [0.25, 0.3) is 0 Å². The second kappa shape index (κ2) is 6.01. The quantitative estimate of drug-likeness (QED) is 0.819. The summed E-state index contributed by atoms with van der Waals surface area (Å²) in [7, 11) is 1.75. The number of carbonyl (C=O) groups excluding carboxylic acids is 1. The van der Waals surface area contributed by atoms with Crippen molar-refractivity contribution in [2.24, 2.45) is 0 Å². The van der Waals surface area contributed by atoms with Crippen molar-refractivity contribution in [2.75, 3.05) is 11.9 Å². The first-order valence-corrected chi connectivity index (χ1v) is 5.02. The molecule has 0 bridgehead atoms. The third-order valence-corrected chi connectivity index (χ3v) is 2.36. The Morgan fingerprint density at radius 2 is 1.82 bits per heavy atom. The summed E-state index contributed by atoms with van der Waals surface area (Å²) in [5, 5.41) is 0. The summed E-state index contributed by atoms with van der Waals surface area (Å²) in [5.41, 5.74) is 1.46. The molecule has 0 saturated heterocycles. The minimum Gasteiger partial charge on any atom is -0.311 e. The summed E-state index contributed by atoms with van der Waals surface area (Å²) in [5.74, 6) is -0.0562. The van der Waals surface area contributed by atoms with E-state index in [9.17, 15) is 4.79 Å². The van der Waals surface area contributed by atoms with Gasteiger partial charge in [-0.2, -0.15) is 0 Å². The van der Waals surface area contributed by atoms with Gasteiger partial charge in [-0.25, -0.2) is 0 Å². The fourth-order valence-electron chi connectivity index (χ4n) is 1.45. The molecule has 0 atom stereocenters. The lowest BCUT2D eigenvalue weighted by atomic mass is 10.2. The Bertz CT molecular complexity index is 473. The molecule has 0 aliphatic heterocycles. The SMILES string of the molecule is CN(C(=O)c1cccnc1)c1ccccc1.Cl. The molecule has 0 fully saturated rings. The van der Waals surface area contributed by atoms with Crippen LogP contribution in [0.15, 0.2) is 54.9 Å². The van der Waals surface area contributed by atoms with Gasteiger partial charge in [0.2, 0.25) is 0 Å². The van der Waals surface area contributed by atoms with Gasteiger partial charge in [0, 0.05) is 25.1 Å². The molecule has 0 radical (unpaired) electrons. The molecule has 17 heavy (non-hydrogen) atoms. The predicted octanol–water partition coefficient (Wildman–Crippen LogP) is 2.78. The largest absolute Gasteiger partial charge is 0.311 e. The van der Waals surface area contributed by atoms with E-state index in [2.05, 4.69) is 4.98 Å². The van der Waals surface area contributed by atoms with Crippen LogP contribution < -0.4 is 4.90 Å². The molecule has 0 aliphatic rings. The highest BCUT2D eigenvalue weighted by atomic mass is 35.5. The summed E-state index contributed by atoms with van der Waals surface area (Å²) in [6, 6.07) is 13.0. The Kier molecular flexibility index (Phi) is 4.67. The number of anilines is 1. The molecule has 2 rings (SSSR count). The smallest absolute Gasteiger partial charge is 0.259 e. The molecule has 1 aromatic heterocycles. The van der Waals surface area contributed by atoms with Gasteiger partial charge in [0.25, 0.3) is 5.91 Å². The summed E-state index contributed by atoms with van der Waals surface area (Å²) in [6.45, 7) is 0. The third kappa shape index (κ3) is 3.04. The summed E-state index contributed by atoms with van der Waals surface area (Å²) < 4.78 is 0. The number of halogens is 1. The Morgan fingerprint density at radius 1 is 1.12 bits per heavy atom. The molecule has 0 aliphatic carbocycles. The van der Waals surface area contributed by atoms with Crippen LogP contribution in [0.1, 0.15) is 10.4 Å². The van der Waals surface area contributed by atoms with Crippen LogP contribution in [-0.2, 0) is 0 Å².